The molecule has 4 aliphatic carbocycles. The van der Waals surface area contributed by atoms with E-state index in [2.05, 4.69) is 159 Å². The maximum absolute atomic E-state index is 7.70. The van der Waals surface area contributed by atoms with Gasteiger partial charge in [0, 0.05) is 23.7 Å². The Balaban J connectivity index is 0.881. The summed E-state index contributed by atoms with van der Waals surface area (Å²) in [4.78, 5) is 0. The van der Waals surface area contributed by atoms with E-state index in [1.54, 1.807) is 0 Å². The van der Waals surface area contributed by atoms with Gasteiger partial charge < -0.3 is 30.0 Å². The zero-order valence-corrected chi connectivity index (χ0v) is 42.2. The first kappa shape index (κ1) is 49.3. The summed E-state index contributed by atoms with van der Waals surface area (Å²) < 4.78 is 28.2. The van der Waals surface area contributed by atoms with Crippen molar-refractivity contribution in [2.24, 2.45) is 53.1 Å². The molecule has 4 aromatic rings. The van der Waals surface area contributed by atoms with E-state index < -0.39 is 0 Å². The van der Waals surface area contributed by atoms with Crippen LogP contribution in [-0.2, 0) is 45.4 Å². The summed E-state index contributed by atoms with van der Waals surface area (Å²) in [5.41, 5.74) is 12.6. The third kappa shape index (κ3) is 10.9. The molecule has 19 unspecified atom stereocenters. The lowest BCUT2D eigenvalue weighted by atomic mass is 9.73. The summed E-state index contributed by atoms with van der Waals surface area (Å²) in [6, 6.07) is 42.9. The standard InChI is InChI=1S/C60H82N8O4/c61-54-50-42(25-13-29-46(50)69-34-38-17-5-1-6-18-38)33-62-58-51-43(26-14-30-47(51)70-35-39-19-7-2-8-20-39)56(64-58)66-60-53-45(28-16-32-49(53)72-37-41-23-11-4-12-24-41)57(68-60)67-59-52-44(55(63-54)65-59)27-15-31-48(52)71-36-40-21-9-3-10-22-40/h1-12,17-24,42-60,62-68H,13-16,25-37,61H2. The van der Waals surface area contributed by atoms with Gasteiger partial charge in [-0.3, -0.25) is 31.9 Å². The van der Waals surface area contributed by atoms with Gasteiger partial charge in [0.2, 0.25) is 0 Å². The second kappa shape index (κ2) is 23.1. The summed E-state index contributed by atoms with van der Waals surface area (Å²) in [6.07, 6.45) is 13.8. The van der Waals surface area contributed by atoms with E-state index >= 15 is 0 Å². The zero-order valence-electron chi connectivity index (χ0n) is 42.2. The Bertz CT molecular complexity index is 2290. The molecule has 8 aliphatic rings. The predicted octanol–water partition coefficient (Wildman–Crippen LogP) is 7.42. The van der Waals surface area contributed by atoms with Crippen LogP contribution in [0.25, 0.3) is 0 Å². The highest BCUT2D eigenvalue weighted by molar-refractivity contribution is 5.17. The molecule has 19 atom stereocenters. The fourth-order valence-electron chi connectivity index (χ4n) is 15.4. The van der Waals surface area contributed by atoms with Crippen LogP contribution >= 0.6 is 0 Å². The van der Waals surface area contributed by atoms with Gasteiger partial charge in [0.1, 0.15) is 0 Å². The van der Waals surface area contributed by atoms with Crippen LogP contribution in [0.5, 0.6) is 0 Å². The number of benzene rings is 4. The first-order chi connectivity index (χ1) is 35.6. The third-order valence-corrected chi connectivity index (χ3v) is 18.7. The van der Waals surface area contributed by atoms with Gasteiger partial charge in [-0.2, -0.15) is 0 Å². The van der Waals surface area contributed by atoms with Crippen LogP contribution in [0.1, 0.15) is 99.3 Å². The monoisotopic (exact) mass is 979 g/mol. The summed E-state index contributed by atoms with van der Waals surface area (Å²) >= 11 is 0. The van der Waals surface area contributed by atoms with Crippen LogP contribution in [-0.4, -0.2) is 74.1 Å². The van der Waals surface area contributed by atoms with Gasteiger partial charge in [-0.05, 0) is 104 Å². The average molecular weight is 979 g/mol. The van der Waals surface area contributed by atoms with Gasteiger partial charge in [-0.1, -0.05) is 147 Å². The van der Waals surface area contributed by atoms with Gasteiger partial charge >= 0.3 is 0 Å². The average Bonchev–Trinajstić information content (AvgIpc) is 4.09. The fourth-order valence-corrected chi connectivity index (χ4v) is 15.4. The second-order valence-electron chi connectivity index (χ2n) is 22.9. The van der Waals surface area contributed by atoms with Crippen LogP contribution in [0.15, 0.2) is 121 Å². The highest BCUT2D eigenvalue weighted by Gasteiger charge is 2.57. The molecule has 72 heavy (non-hydrogen) atoms. The number of rotatable bonds is 12. The minimum absolute atomic E-state index is 0.0205. The topological polar surface area (TPSA) is 147 Å². The van der Waals surface area contributed by atoms with Crippen LogP contribution in [0.3, 0.4) is 0 Å². The Hall–Kier alpha value is -3.60. The molecule has 4 heterocycles. The van der Waals surface area contributed by atoms with E-state index in [1.165, 1.54) is 22.3 Å². The van der Waals surface area contributed by atoms with Crippen LogP contribution in [0.2, 0.25) is 0 Å². The van der Waals surface area contributed by atoms with Crippen molar-refractivity contribution < 1.29 is 18.9 Å². The molecule has 0 radical (unpaired) electrons. The van der Waals surface area contributed by atoms with Gasteiger partial charge in [0.15, 0.2) is 0 Å². The van der Waals surface area contributed by atoms with E-state index in [0.29, 0.717) is 56.0 Å². The Morgan fingerprint density at radius 3 is 1.06 bits per heavy atom. The fraction of sp³-hybridized carbons (Fsp3) is 0.600. The lowest BCUT2D eigenvalue weighted by molar-refractivity contribution is -0.0634. The molecule has 12 heteroatoms. The smallest absolute Gasteiger partial charge is 0.0720 e. The van der Waals surface area contributed by atoms with Crippen molar-refractivity contribution in [3.8, 4) is 0 Å². The maximum atomic E-state index is 7.70. The maximum Gasteiger partial charge on any atom is 0.0720 e. The van der Waals surface area contributed by atoms with E-state index in [9.17, 15) is 0 Å². The third-order valence-electron chi connectivity index (χ3n) is 18.7. The van der Waals surface area contributed by atoms with Crippen molar-refractivity contribution in [1.82, 2.24) is 37.2 Å². The van der Waals surface area contributed by atoms with Crippen molar-refractivity contribution >= 4 is 0 Å². The molecule has 0 amide bonds. The van der Waals surface area contributed by atoms with E-state index in [4.69, 9.17) is 24.7 Å². The molecule has 12 nitrogen and oxygen atoms in total. The molecule has 6 bridgehead atoms. The Morgan fingerprint density at radius 2 is 0.667 bits per heavy atom. The normalized spacial score (nSPS) is 39.8. The molecule has 0 spiro atoms. The number of hydrogen-bond acceptors (Lipinski definition) is 12. The highest BCUT2D eigenvalue weighted by atomic mass is 16.5. The quantitative estimate of drug-likeness (QED) is 0.0716. The molecular formula is C60H82N8O4. The molecule has 4 saturated carbocycles. The van der Waals surface area contributed by atoms with Crippen molar-refractivity contribution in [3.63, 3.8) is 0 Å². The van der Waals surface area contributed by atoms with Crippen molar-refractivity contribution in [1.29, 1.82) is 0 Å². The zero-order chi connectivity index (χ0) is 48.2. The Morgan fingerprint density at radius 1 is 0.347 bits per heavy atom. The Kier molecular flexibility index (Phi) is 15.8. The number of nitrogens with two attached hydrogens (primary N) is 1. The molecule has 4 aliphatic heterocycles. The van der Waals surface area contributed by atoms with Gasteiger partial charge in [-0.15, -0.1) is 0 Å². The lowest BCUT2D eigenvalue weighted by Crippen LogP contribution is -2.62. The number of nitrogens with one attached hydrogen (secondary N) is 7. The minimum Gasteiger partial charge on any atom is -0.373 e. The molecule has 9 N–H and O–H groups in total. The largest absolute Gasteiger partial charge is 0.373 e. The van der Waals surface area contributed by atoms with Crippen LogP contribution in [0.4, 0.5) is 0 Å². The van der Waals surface area contributed by atoms with Gasteiger partial charge in [-0.25, -0.2) is 0 Å². The molecule has 8 fully saturated rings. The first-order valence-electron chi connectivity index (χ1n) is 28.3. The van der Waals surface area contributed by atoms with Gasteiger partial charge in [0.25, 0.3) is 0 Å². The molecule has 0 aromatic heterocycles. The second-order valence-corrected chi connectivity index (χ2v) is 22.9. The van der Waals surface area contributed by atoms with E-state index in [-0.39, 0.29) is 85.3 Å². The van der Waals surface area contributed by atoms with Crippen molar-refractivity contribution in [2.75, 3.05) is 6.54 Å². The molecule has 4 aromatic carbocycles. The van der Waals surface area contributed by atoms with Gasteiger partial charge in [0.05, 0.1) is 94.0 Å². The molecular weight excluding hydrogens is 897 g/mol. The summed E-state index contributed by atoms with van der Waals surface area (Å²) in [5.74, 6) is 2.40. The summed E-state index contributed by atoms with van der Waals surface area (Å²) in [7, 11) is 0. The SMILES string of the molecule is NC1NC2NC(NC3NC(NC4NC(NCC5CCCC(OCc6ccccc6)C51)C1C(OCc5ccccc5)CCCC41)C1C(OCc4ccccc4)CCCC31)C1C(OCc3ccccc3)CCCC21. The lowest BCUT2D eigenvalue weighted by Gasteiger charge is -2.44. The molecule has 386 valence electrons. The van der Waals surface area contributed by atoms with E-state index in [1.807, 2.05) is 0 Å². The van der Waals surface area contributed by atoms with Crippen molar-refractivity contribution in [2.45, 2.75) is 171 Å². The number of hydrogen-bond donors (Lipinski definition) is 8. The summed E-state index contributed by atoms with van der Waals surface area (Å²) in [6.45, 7) is 3.32. The van der Waals surface area contributed by atoms with Crippen LogP contribution < -0.4 is 43.0 Å². The van der Waals surface area contributed by atoms with E-state index in [0.717, 1.165) is 83.6 Å². The first-order valence-corrected chi connectivity index (χ1v) is 28.3. The number of fused-ring (bicyclic) bond motifs is 16. The van der Waals surface area contributed by atoms with Crippen molar-refractivity contribution in [3.05, 3.63) is 144 Å². The van der Waals surface area contributed by atoms with Crippen LogP contribution in [0, 0.1) is 47.3 Å². The Labute approximate surface area is 428 Å². The minimum atomic E-state index is -0.273. The molecule has 12 rings (SSSR count). The molecule has 4 saturated heterocycles. The highest BCUT2D eigenvalue weighted by Crippen LogP contribution is 2.46. The predicted molar refractivity (Wildman–Crippen MR) is 281 cm³/mol. The summed E-state index contributed by atoms with van der Waals surface area (Å²) in [5, 5.41) is 29.9. The number of ether oxygens (including phenoxy) is 4.